The number of benzene rings is 1. The molecule has 1 atom stereocenters. The first-order chi connectivity index (χ1) is 14.1. The van der Waals surface area contributed by atoms with Crippen LogP contribution in [0.15, 0.2) is 52.1 Å². The van der Waals surface area contributed by atoms with Crippen molar-refractivity contribution < 1.29 is 9.21 Å². The van der Waals surface area contributed by atoms with Crippen molar-refractivity contribution in [2.75, 3.05) is 40.8 Å². The van der Waals surface area contributed by atoms with Gasteiger partial charge in [0, 0.05) is 39.8 Å². The molecule has 2 N–H and O–H groups in total. The lowest BCUT2D eigenvalue weighted by atomic mass is 10.1. The van der Waals surface area contributed by atoms with Gasteiger partial charge in [-0.05, 0) is 55.8 Å². The fourth-order valence-corrected chi connectivity index (χ4v) is 3.57. The van der Waals surface area contributed by atoms with E-state index in [-0.39, 0.29) is 11.9 Å². The van der Waals surface area contributed by atoms with E-state index in [1.165, 1.54) is 12.8 Å². The van der Waals surface area contributed by atoms with Crippen molar-refractivity contribution in [1.29, 1.82) is 0 Å². The monoisotopic (exact) mass is 397 g/mol. The maximum Gasteiger partial charge on any atom is 0.253 e. The van der Waals surface area contributed by atoms with E-state index < -0.39 is 0 Å². The summed E-state index contributed by atoms with van der Waals surface area (Å²) in [5.74, 6) is 1.73. The molecule has 0 spiro atoms. The molecule has 0 saturated carbocycles. The van der Waals surface area contributed by atoms with Gasteiger partial charge in [-0.15, -0.1) is 0 Å². The summed E-state index contributed by atoms with van der Waals surface area (Å²) in [4.78, 5) is 20.4. The first-order valence-corrected chi connectivity index (χ1v) is 10.1. The fraction of sp³-hybridized carbons (Fsp3) is 0.455. The Morgan fingerprint density at radius 2 is 1.90 bits per heavy atom. The minimum absolute atomic E-state index is 0.00728. The van der Waals surface area contributed by atoms with Crippen molar-refractivity contribution in [2.24, 2.45) is 4.99 Å². The molecule has 1 fully saturated rings. The highest BCUT2D eigenvalue weighted by molar-refractivity contribution is 5.93. The van der Waals surface area contributed by atoms with E-state index in [0.29, 0.717) is 12.1 Å². The quantitative estimate of drug-likeness (QED) is 0.555. The smallest absolute Gasteiger partial charge is 0.253 e. The Hall–Kier alpha value is -2.80. The summed E-state index contributed by atoms with van der Waals surface area (Å²) >= 11 is 0. The van der Waals surface area contributed by atoms with E-state index in [0.717, 1.165) is 36.9 Å². The number of likely N-dealkylation sites (tertiary alicyclic amines) is 1. The average molecular weight is 398 g/mol. The maximum absolute atomic E-state index is 12.0. The highest BCUT2D eigenvalue weighted by atomic mass is 16.3. The maximum atomic E-state index is 12.0. The highest BCUT2D eigenvalue weighted by Gasteiger charge is 2.25. The first-order valence-electron chi connectivity index (χ1n) is 10.1. The van der Waals surface area contributed by atoms with Crippen molar-refractivity contribution in [3.8, 4) is 0 Å². The SMILES string of the molecule is CN=C(NCc1ccc(C(=O)N(C)C)cc1)NCC(c1ccco1)N1CCCC1. The molecular weight excluding hydrogens is 366 g/mol. The van der Waals surface area contributed by atoms with Crippen LogP contribution in [-0.2, 0) is 6.54 Å². The summed E-state index contributed by atoms with van der Waals surface area (Å²) in [5.41, 5.74) is 1.78. The van der Waals surface area contributed by atoms with Crippen LogP contribution in [0.2, 0.25) is 0 Å². The van der Waals surface area contributed by atoms with Gasteiger partial charge in [0.25, 0.3) is 5.91 Å². The third kappa shape index (κ3) is 5.60. The molecule has 1 aromatic carbocycles. The molecule has 0 aliphatic carbocycles. The number of nitrogens with one attached hydrogen (secondary N) is 2. The number of hydrogen-bond acceptors (Lipinski definition) is 4. The van der Waals surface area contributed by atoms with Crippen LogP contribution in [0.3, 0.4) is 0 Å². The summed E-state index contributed by atoms with van der Waals surface area (Å²) in [6.07, 6.45) is 4.20. The van der Waals surface area contributed by atoms with Gasteiger partial charge in [-0.25, -0.2) is 0 Å². The summed E-state index contributed by atoms with van der Waals surface area (Å²) in [6, 6.07) is 11.8. The summed E-state index contributed by atoms with van der Waals surface area (Å²) in [5, 5.41) is 6.77. The van der Waals surface area contributed by atoms with Gasteiger partial charge >= 0.3 is 0 Å². The van der Waals surface area contributed by atoms with Gasteiger partial charge in [0.1, 0.15) is 5.76 Å². The summed E-state index contributed by atoms with van der Waals surface area (Å²) in [7, 11) is 5.28. The number of rotatable bonds is 7. The van der Waals surface area contributed by atoms with Crippen LogP contribution < -0.4 is 10.6 Å². The van der Waals surface area contributed by atoms with E-state index in [9.17, 15) is 4.79 Å². The van der Waals surface area contributed by atoms with E-state index in [1.54, 1.807) is 32.3 Å². The molecule has 7 nitrogen and oxygen atoms in total. The molecule has 1 saturated heterocycles. The number of furan rings is 1. The standard InChI is InChI=1S/C22H31N5O2/c1-23-22(24-15-17-8-10-18(11-9-17)21(28)26(2)3)25-16-19(20-7-6-14-29-20)27-12-4-5-13-27/h6-11,14,19H,4-5,12-13,15-16H2,1-3H3,(H2,23,24,25). The second-order valence-corrected chi connectivity index (χ2v) is 7.48. The second-order valence-electron chi connectivity index (χ2n) is 7.48. The van der Waals surface area contributed by atoms with E-state index >= 15 is 0 Å². The lowest BCUT2D eigenvalue weighted by Gasteiger charge is -2.26. The molecule has 3 rings (SSSR count). The van der Waals surface area contributed by atoms with Crippen LogP contribution in [-0.4, -0.2) is 62.4 Å². The Labute approximate surface area is 172 Å². The van der Waals surface area contributed by atoms with Crippen molar-refractivity contribution in [3.63, 3.8) is 0 Å². The molecule has 0 radical (unpaired) electrons. The van der Waals surface area contributed by atoms with Crippen LogP contribution >= 0.6 is 0 Å². The highest BCUT2D eigenvalue weighted by Crippen LogP contribution is 2.24. The van der Waals surface area contributed by atoms with Gasteiger partial charge in [0.15, 0.2) is 5.96 Å². The molecule has 29 heavy (non-hydrogen) atoms. The zero-order valence-electron chi connectivity index (χ0n) is 17.5. The van der Waals surface area contributed by atoms with E-state index in [1.807, 2.05) is 36.4 Å². The predicted molar refractivity (Wildman–Crippen MR) is 115 cm³/mol. The number of nitrogens with zero attached hydrogens (tertiary/aromatic N) is 3. The van der Waals surface area contributed by atoms with E-state index in [4.69, 9.17) is 4.42 Å². The lowest BCUT2D eigenvalue weighted by molar-refractivity contribution is 0.0827. The Balaban J connectivity index is 1.54. The Bertz CT molecular complexity index is 793. The number of aliphatic imine (C=N–C) groups is 1. The van der Waals surface area contributed by atoms with Gasteiger partial charge in [-0.3, -0.25) is 14.7 Å². The van der Waals surface area contributed by atoms with Crippen molar-refractivity contribution in [3.05, 3.63) is 59.5 Å². The topological polar surface area (TPSA) is 73.1 Å². The Morgan fingerprint density at radius 1 is 1.17 bits per heavy atom. The van der Waals surface area contributed by atoms with Gasteiger partial charge < -0.3 is 20.0 Å². The third-order valence-corrected chi connectivity index (χ3v) is 5.21. The van der Waals surface area contributed by atoms with Crippen molar-refractivity contribution >= 4 is 11.9 Å². The van der Waals surface area contributed by atoms with Crippen LogP contribution in [0.4, 0.5) is 0 Å². The Morgan fingerprint density at radius 3 is 2.48 bits per heavy atom. The van der Waals surface area contributed by atoms with Gasteiger partial charge in [0.05, 0.1) is 12.3 Å². The molecule has 0 bridgehead atoms. The lowest BCUT2D eigenvalue weighted by Crippen LogP contribution is -2.42. The largest absolute Gasteiger partial charge is 0.468 e. The minimum Gasteiger partial charge on any atom is -0.468 e. The van der Waals surface area contributed by atoms with Gasteiger partial charge in [0.2, 0.25) is 0 Å². The summed E-state index contributed by atoms with van der Waals surface area (Å²) < 4.78 is 5.68. The normalized spacial score (nSPS) is 15.9. The first kappa shape index (κ1) is 20.9. The molecule has 2 aromatic rings. The fourth-order valence-electron chi connectivity index (χ4n) is 3.57. The number of carbonyl (C=O) groups is 1. The molecule has 1 amide bonds. The van der Waals surface area contributed by atoms with Gasteiger partial charge in [-0.2, -0.15) is 0 Å². The minimum atomic E-state index is 0.00728. The second kappa shape index (κ2) is 10.1. The van der Waals surface area contributed by atoms with E-state index in [2.05, 4.69) is 20.5 Å². The number of carbonyl (C=O) groups excluding carboxylic acids is 1. The van der Waals surface area contributed by atoms with Gasteiger partial charge in [-0.1, -0.05) is 12.1 Å². The molecule has 1 unspecified atom stereocenters. The molecular formula is C22H31N5O2. The van der Waals surface area contributed by atoms with Crippen LogP contribution in [0, 0.1) is 0 Å². The number of amides is 1. The average Bonchev–Trinajstić information content (AvgIpc) is 3.45. The zero-order valence-corrected chi connectivity index (χ0v) is 17.5. The van der Waals surface area contributed by atoms with Crippen LogP contribution in [0.1, 0.15) is 40.6 Å². The number of hydrogen-bond donors (Lipinski definition) is 2. The van der Waals surface area contributed by atoms with Crippen LogP contribution in [0.5, 0.6) is 0 Å². The van der Waals surface area contributed by atoms with Crippen LogP contribution in [0.25, 0.3) is 0 Å². The molecule has 7 heteroatoms. The number of guanidine groups is 1. The van der Waals surface area contributed by atoms with Crippen molar-refractivity contribution in [2.45, 2.75) is 25.4 Å². The molecule has 156 valence electrons. The predicted octanol–water partition coefficient (Wildman–Crippen LogP) is 2.48. The molecule has 1 aliphatic heterocycles. The Kier molecular flexibility index (Phi) is 7.30. The zero-order chi connectivity index (χ0) is 20.6. The molecule has 1 aromatic heterocycles. The molecule has 1 aliphatic rings. The van der Waals surface area contributed by atoms with Crippen molar-refractivity contribution in [1.82, 2.24) is 20.4 Å². The third-order valence-electron chi connectivity index (χ3n) is 5.21. The molecule has 2 heterocycles. The summed E-state index contributed by atoms with van der Waals surface area (Å²) in [6.45, 7) is 3.54.